The summed E-state index contributed by atoms with van der Waals surface area (Å²) in [4.78, 5) is 80.4. The molecule has 4 aliphatic rings. The van der Waals surface area contributed by atoms with Crippen LogP contribution in [0.1, 0.15) is 118 Å². The van der Waals surface area contributed by atoms with E-state index >= 15 is 17.6 Å². The lowest BCUT2D eigenvalue weighted by molar-refractivity contribution is 0.0696. The smallest absolute Gasteiger partial charge is 0.335 e. The minimum Gasteiger partial charge on any atom is -0.478 e. The van der Waals surface area contributed by atoms with E-state index in [-0.39, 0.29) is 22.8 Å². The number of hydrogen-bond donors (Lipinski definition) is 2. The number of amides is 1. The number of aromatic carboxylic acids is 1. The number of nitrogens with zero attached hydrogens (tertiary/aromatic N) is 10. The maximum atomic E-state index is 15.2. The molecule has 8 heterocycles. The molecule has 1 amide bonds. The van der Waals surface area contributed by atoms with Gasteiger partial charge in [0, 0.05) is 83.4 Å². The highest BCUT2D eigenvalue weighted by Crippen LogP contribution is 2.37. The number of anilines is 2. The van der Waals surface area contributed by atoms with Crippen molar-refractivity contribution in [2.45, 2.75) is 117 Å². The third-order valence-electron chi connectivity index (χ3n) is 17.9. The quantitative estimate of drug-likeness (QED) is 0.124. The van der Waals surface area contributed by atoms with Crippen molar-refractivity contribution in [3.8, 4) is 33.9 Å². The number of rotatable bonds is 10. The summed E-state index contributed by atoms with van der Waals surface area (Å²) in [6.07, 6.45) is 8.56. The van der Waals surface area contributed by atoms with Crippen LogP contribution in [0.5, 0.6) is 0 Å². The molecule has 460 valence electrons. The lowest BCUT2D eigenvalue weighted by Crippen LogP contribution is -2.48. The van der Waals surface area contributed by atoms with Crippen LogP contribution in [0.2, 0.25) is 0 Å². The Morgan fingerprint density at radius 3 is 1.26 bits per heavy atom. The number of nitrogens with one attached hydrogen (secondary N) is 1. The first kappa shape index (κ1) is 61.3. The number of halogens is 4. The van der Waals surface area contributed by atoms with Crippen molar-refractivity contribution >= 4 is 45.8 Å². The highest BCUT2D eigenvalue weighted by molar-refractivity contribution is 5.99. The molecule has 0 saturated carbocycles. The Balaban J connectivity index is 0.000000183. The molecule has 4 fully saturated rings. The SMILES string of the molecule is Cc1ccc(C(=O)NC(C)(C)C)cc1-c1nc(N2CCC(N3CCC(C)CC3)CC2)nc2c1ccc(=O)n2-c1c(F)cccc1F.Cc1ccc(C(=O)O)cc1-c1nc(N2CCC(N3CCC(C)CC3)CC2)nc2c1ccc(=O)n2-c1c(F)cccc1F. The number of carbonyl (C=O) groups is 2. The number of piperidine rings is 4. The minimum atomic E-state index is -1.09. The largest absolute Gasteiger partial charge is 0.478 e. The van der Waals surface area contributed by atoms with Gasteiger partial charge in [0.15, 0.2) is 11.3 Å². The summed E-state index contributed by atoms with van der Waals surface area (Å²) in [6, 6.07) is 23.7. The fourth-order valence-corrected chi connectivity index (χ4v) is 12.8. The van der Waals surface area contributed by atoms with Crippen molar-refractivity contribution in [3.63, 3.8) is 0 Å². The number of carboxylic acid groups (broad SMARTS) is 1. The number of para-hydroxylation sites is 2. The zero-order chi connectivity index (χ0) is 62.3. The van der Waals surface area contributed by atoms with Crippen molar-refractivity contribution in [1.29, 1.82) is 0 Å². The van der Waals surface area contributed by atoms with Crippen LogP contribution in [0, 0.1) is 49.0 Å². The standard InChI is InChI=1S/C36H42F2N6O2.C32H33F2N5O3/c1-22-13-17-42(18-14-22)25-15-19-43(20-16-25)35-39-31(27-21-24(10-9-23(27)2)34(46)41-36(3,4)5)26-11-12-30(45)44(33(26)40-35)32-28(37)7-6-8-29(32)38;1-19-10-14-37(15-11-19)22-12-16-38(17-13-22)32-35-28(24-18-21(31(41)42)7-6-20(24)2)23-8-9-27(40)39(30(23)36-32)29-25(33)4-3-5-26(29)34/h6-12,21-22,25H,13-20H2,1-5H3,(H,41,46);3-9,18-19,22H,10-17H2,1-2H3,(H,41,42). The van der Waals surface area contributed by atoms with Crippen molar-refractivity contribution in [3.05, 3.63) is 163 Å². The maximum Gasteiger partial charge on any atom is 0.335 e. The molecule has 0 radical (unpaired) electrons. The summed E-state index contributed by atoms with van der Waals surface area (Å²) in [7, 11) is 0. The predicted octanol–water partition coefficient (Wildman–Crippen LogP) is 11.7. The minimum absolute atomic E-state index is 0.0544. The average Bonchev–Trinajstić information content (AvgIpc) is 0.821. The van der Waals surface area contributed by atoms with E-state index in [0.717, 1.165) is 108 Å². The van der Waals surface area contributed by atoms with E-state index < -0.39 is 57.3 Å². The van der Waals surface area contributed by atoms with E-state index in [9.17, 15) is 24.3 Å². The fourth-order valence-electron chi connectivity index (χ4n) is 12.8. The number of pyridine rings is 2. The van der Waals surface area contributed by atoms with Gasteiger partial charge in [-0.15, -0.1) is 0 Å². The molecule has 4 aromatic carbocycles. The third-order valence-corrected chi connectivity index (χ3v) is 17.9. The number of hydrogen-bond acceptors (Lipinski definition) is 12. The summed E-state index contributed by atoms with van der Waals surface area (Å²) < 4.78 is 62.5. The van der Waals surface area contributed by atoms with E-state index in [1.54, 1.807) is 24.3 Å². The lowest BCUT2D eigenvalue weighted by atomic mass is 9.95. The van der Waals surface area contributed by atoms with E-state index in [1.807, 2.05) is 45.6 Å². The molecule has 12 rings (SSSR count). The molecule has 0 unspecified atom stereocenters. The number of carboxylic acids is 1. The monoisotopic (exact) mass is 1200 g/mol. The van der Waals surface area contributed by atoms with Gasteiger partial charge in [0.05, 0.1) is 17.0 Å². The highest BCUT2D eigenvalue weighted by Gasteiger charge is 2.32. The first-order valence-corrected chi connectivity index (χ1v) is 30.6. The Labute approximate surface area is 508 Å². The van der Waals surface area contributed by atoms with Crippen molar-refractivity contribution < 1.29 is 32.3 Å². The van der Waals surface area contributed by atoms with Gasteiger partial charge in [0.1, 0.15) is 34.6 Å². The lowest BCUT2D eigenvalue weighted by Gasteiger charge is -2.41. The zero-order valence-electron chi connectivity index (χ0n) is 50.9. The Hall–Kier alpha value is -8.36. The number of carbonyl (C=O) groups excluding carboxylic acids is 1. The maximum absolute atomic E-state index is 15.2. The van der Waals surface area contributed by atoms with Gasteiger partial charge < -0.3 is 30.0 Å². The zero-order valence-corrected chi connectivity index (χ0v) is 50.9. The van der Waals surface area contributed by atoms with Gasteiger partial charge in [0.25, 0.3) is 17.0 Å². The Morgan fingerprint density at radius 2 is 0.886 bits per heavy atom. The van der Waals surface area contributed by atoms with Crippen LogP contribution in [-0.2, 0) is 0 Å². The first-order valence-electron chi connectivity index (χ1n) is 30.6. The van der Waals surface area contributed by atoms with E-state index in [1.165, 1.54) is 68.1 Å². The summed E-state index contributed by atoms with van der Waals surface area (Å²) >= 11 is 0. The molecule has 16 nitrogen and oxygen atoms in total. The molecule has 0 bridgehead atoms. The molecule has 4 saturated heterocycles. The van der Waals surface area contributed by atoms with E-state index in [2.05, 4.69) is 33.9 Å². The molecule has 8 aromatic rings. The van der Waals surface area contributed by atoms with Gasteiger partial charge in [-0.05, 0) is 196 Å². The Kier molecular flexibility index (Phi) is 17.7. The normalized spacial score (nSPS) is 17.1. The molecule has 0 aliphatic carbocycles. The summed E-state index contributed by atoms with van der Waals surface area (Å²) in [5, 5.41) is 13.5. The number of likely N-dealkylation sites (tertiary alicyclic amines) is 2. The van der Waals surface area contributed by atoms with Crippen LogP contribution in [0.4, 0.5) is 29.5 Å². The van der Waals surface area contributed by atoms with Crippen LogP contribution >= 0.6 is 0 Å². The fraction of sp³-hybridized carbons (Fsp3) is 0.412. The third kappa shape index (κ3) is 12.8. The second-order valence-electron chi connectivity index (χ2n) is 25.3. The van der Waals surface area contributed by atoms with Gasteiger partial charge in [-0.2, -0.15) is 9.97 Å². The van der Waals surface area contributed by atoms with Gasteiger partial charge in [-0.3, -0.25) is 23.5 Å². The molecule has 4 aromatic heterocycles. The van der Waals surface area contributed by atoms with Crippen molar-refractivity contribution in [1.82, 2.24) is 44.2 Å². The molecule has 88 heavy (non-hydrogen) atoms. The topological polar surface area (TPSA) is 175 Å². The Morgan fingerprint density at radius 1 is 0.511 bits per heavy atom. The molecule has 4 aliphatic heterocycles. The van der Waals surface area contributed by atoms with E-state index in [4.69, 9.17) is 19.9 Å². The molecule has 20 heteroatoms. The molecular weight excluding hydrogens is 1130 g/mol. The first-order chi connectivity index (χ1) is 42.1. The predicted molar refractivity (Wildman–Crippen MR) is 335 cm³/mol. The second kappa shape index (κ2) is 25.4. The van der Waals surface area contributed by atoms with Crippen molar-refractivity contribution in [2.75, 3.05) is 62.2 Å². The van der Waals surface area contributed by atoms with Crippen LogP contribution in [0.3, 0.4) is 0 Å². The molecule has 2 N–H and O–H groups in total. The number of aromatic nitrogens is 6. The summed E-state index contributed by atoms with van der Waals surface area (Å²) in [5.74, 6) is -2.62. The highest BCUT2D eigenvalue weighted by atomic mass is 19.1. The van der Waals surface area contributed by atoms with Gasteiger partial charge in [0.2, 0.25) is 11.9 Å². The number of aryl methyl sites for hydroxylation is 2. The van der Waals surface area contributed by atoms with Gasteiger partial charge in [-0.1, -0.05) is 38.1 Å². The number of benzene rings is 4. The second-order valence-corrected chi connectivity index (χ2v) is 25.3. The Bertz CT molecular complexity index is 4040. The van der Waals surface area contributed by atoms with Crippen LogP contribution < -0.4 is 26.2 Å². The van der Waals surface area contributed by atoms with Crippen LogP contribution in [-0.4, -0.2) is 126 Å². The molecular formula is C68H75F4N11O5. The van der Waals surface area contributed by atoms with Crippen molar-refractivity contribution in [2.24, 2.45) is 11.8 Å². The number of fused-ring (bicyclic) bond motifs is 2. The summed E-state index contributed by atoms with van der Waals surface area (Å²) in [5.41, 5.74) is 1.71. The van der Waals surface area contributed by atoms with Crippen LogP contribution in [0.15, 0.2) is 107 Å². The summed E-state index contributed by atoms with van der Waals surface area (Å²) in [6.45, 7) is 21.3. The van der Waals surface area contributed by atoms with E-state index in [0.29, 0.717) is 89.0 Å². The van der Waals surface area contributed by atoms with Gasteiger partial charge >= 0.3 is 5.97 Å². The average molecular weight is 1200 g/mol. The van der Waals surface area contributed by atoms with Gasteiger partial charge in [-0.25, -0.2) is 32.3 Å². The van der Waals surface area contributed by atoms with Crippen LogP contribution in [0.25, 0.3) is 56.0 Å². The molecule has 0 spiro atoms. The molecule has 0 atom stereocenters.